The lowest BCUT2D eigenvalue weighted by atomic mass is 10.1. The first-order chi connectivity index (χ1) is 8.06. The molecule has 0 bridgehead atoms. The van der Waals surface area contributed by atoms with Crippen molar-refractivity contribution in [3.8, 4) is 5.75 Å². The van der Waals surface area contributed by atoms with E-state index in [1.807, 2.05) is 0 Å². The Kier molecular flexibility index (Phi) is 4.73. The van der Waals surface area contributed by atoms with Crippen molar-refractivity contribution < 1.29 is 31.1 Å². The molecule has 18 heavy (non-hydrogen) atoms. The molecule has 1 heterocycles. The van der Waals surface area contributed by atoms with E-state index in [2.05, 4.69) is 25.7 Å². The monoisotopic (exact) mass is 449 g/mol. The van der Waals surface area contributed by atoms with Crippen molar-refractivity contribution in [1.82, 2.24) is 4.98 Å². The minimum absolute atomic E-state index is 0.439. The Labute approximate surface area is 119 Å². The molecule has 0 saturated heterocycles. The maximum absolute atomic E-state index is 12.7. The lowest BCUT2D eigenvalue weighted by Crippen LogP contribution is -2.20. The number of hydrogen-bond donors (Lipinski definition) is 0. The molecule has 0 radical (unpaired) electrons. The molecular formula is C8H3BrF6INO. The minimum Gasteiger partial charge on any atom is -0.404 e. The third-order valence-electron chi connectivity index (χ3n) is 1.74. The molecule has 0 aliphatic heterocycles. The largest absolute Gasteiger partial charge is 0.573 e. The van der Waals surface area contributed by atoms with Gasteiger partial charge < -0.3 is 4.74 Å². The van der Waals surface area contributed by atoms with E-state index < -0.39 is 38.4 Å². The first kappa shape index (κ1) is 15.8. The maximum Gasteiger partial charge on any atom is 0.573 e. The number of pyridine rings is 1. The molecule has 0 fully saturated rings. The lowest BCUT2D eigenvalue weighted by molar-refractivity contribution is -0.275. The van der Waals surface area contributed by atoms with E-state index in [4.69, 9.17) is 0 Å². The zero-order chi connectivity index (χ0) is 14.1. The van der Waals surface area contributed by atoms with Gasteiger partial charge in [0.1, 0.15) is 3.70 Å². The number of hydrogen-bond acceptors (Lipinski definition) is 2. The van der Waals surface area contributed by atoms with Gasteiger partial charge in [0.25, 0.3) is 0 Å². The summed E-state index contributed by atoms with van der Waals surface area (Å²) in [5, 5.41) is -0.439. The Morgan fingerprint density at radius 2 is 1.78 bits per heavy atom. The van der Waals surface area contributed by atoms with Crippen LogP contribution < -0.4 is 4.74 Å². The summed E-state index contributed by atoms with van der Waals surface area (Å²) in [5.41, 5.74) is -1.87. The molecule has 0 unspecified atom stereocenters. The number of alkyl halides is 7. The third kappa shape index (κ3) is 3.87. The van der Waals surface area contributed by atoms with Gasteiger partial charge in [-0.25, -0.2) is 4.98 Å². The molecule has 0 spiro atoms. The normalized spacial score (nSPS) is 12.7. The fourth-order valence-electron chi connectivity index (χ4n) is 1.14. The number of aromatic nitrogens is 1. The molecule has 1 rings (SSSR count). The van der Waals surface area contributed by atoms with E-state index in [1.54, 1.807) is 0 Å². The molecule has 102 valence electrons. The van der Waals surface area contributed by atoms with Gasteiger partial charge in [-0.2, -0.15) is 13.2 Å². The molecule has 10 heteroatoms. The Hall–Kier alpha value is -0.260. The first-order valence-electron chi connectivity index (χ1n) is 4.12. The third-order valence-corrected chi connectivity index (χ3v) is 3.12. The maximum atomic E-state index is 12.7. The van der Waals surface area contributed by atoms with Crippen molar-refractivity contribution in [3.05, 3.63) is 21.0 Å². The van der Waals surface area contributed by atoms with Crippen molar-refractivity contribution in [1.29, 1.82) is 0 Å². The van der Waals surface area contributed by atoms with E-state index in [-0.39, 0.29) is 0 Å². The second kappa shape index (κ2) is 5.39. The summed E-state index contributed by atoms with van der Waals surface area (Å²) in [4.78, 5) is 3.26. The average Bonchev–Trinajstić information content (AvgIpc) is 2.16. The second-order valence-corrected chi connectivity index (χ2v) is 4.53. The van der Waals surface area contributed by atoms with E-state index in [0.717, 1.165) is 0 Å². The molecule has 0 aliphatic rings. The van der Waals surface area contributed by atoms with Crippen LogP contribution in [0.5, 0.6) is 5.75 Å². The van der Waals surface area contributed by atoms with Crippen LogP contribution in [0.1, 0.15) is 11.1 Å². The first-order valence-corrected chi connectivity index (χ1v) is 6.32. The summed E-state index contributed by atoms with van der Waals surface area (Å²) in [7, 11) is 0. The predicted molar refractivity (Wildman–Crippen MR) is 61.3 cm³/mol. The van der Waals surface area contributed by atoms with Crippen molar-refractivity contribution >= 4 is 38.5 Å². The highest BCUT2D eigenvalue weighted by atomic mass is 127. The molecule has 0 aromatic carbocycles. The average molecular weight is 450 g/mol. The highest BCUT2D eigenvalue weighted by molar-refractivity contribution is 14.1. The summed E-state index contributed by atoms with van der Waals surface area (Å²) in [5.74, 6) is -0.966. The minimum atomic E-state index is -5.08. The quantitative estimate of drug-likeness (QED) is 0.287. The van der Waals surface area contributed by atoms with Crippen LogP contribution in [-0.2, 0) is 11.5 Å². The van der Waals surface area contributed by atoms with Crippen LogP contribution in [0.25, 0.3) is 0 Å². The molecule has 1 aromatic rings. The van der Waals surface area contributed by atoms with E-state index in [1.165, 1.54) is 22.6 Å². The Bertz CT molecular complexity index is 446. The SMILES string of the molecule is FC(F)(F)Oc1cnc(I)c(C(F)(F)F)c1CBr. The molecule has 0 amide bonds. The Morgan fingerprint density at radius 1 is 1.22 bits per heavy atom. The molecule has 1 aromatic heterocycles. The summed E-state index contributed by atoms with van der Waals surface area (Å²) in [6, 6.07) is 0. The highest BCUT2D eigenvalue weighted by Crippen LogP contribution is 2.40. The van der Waals surface area contributed by atoms with Crippen LogP contribution in [-0.4, -0.2) is 11.3 Å². The van der Waals surface area contributed by atoms with Crippen LogP contribution >= 0.6 is 38.5 Å². The standard InChI is InChI=1S/C8H3BrF6INO/c9-1-3-4(18-8(13,14)15)2-17-6(16)5(3)7(10,11)12/h2H,1H2. The molecule has 0 N–H and O–H groups in total. The van der Waals surface area contributed by atoms with Crippen LogP contribution in [0.3, 0.4) is 0 Å². The van der Waals surface area contributed by atoms with Crippen LogP contribution in [0.4, 0.5) is 26.3 Å². The molecule has 0 saturated carbocycles. The summed E-state index contributed by atoms with van der Waals surface area (Å²) < 4.78 is 77.3. The topological polar surface area (TPSA) is 22.1 Å². The van der Waals surface area contributed by atoms with Gasteiger partial charge in [0.15, 0.2) is 5.75 Å². The summed E-state index contributed by atoms with van der Waals surface area (Å²) in [6.45, 7) is 0. The van der Waals surface area contributed by atoms with Gasteiger partial charge in [0.2, 0.25) is 0 Å². The van der Waals surface area contributed by atoms with Gasteiger partial charge in [-0.15, -0.1) is 13.2 Å². The van der Waals surface area contributed by atoms with Crippen molar-refractivity contribution in [3.63, 3.8) is 0 Å². The molecular weight excluding hydrogens is 447 g/mol. The van der Waals surface area contributed by atoms with Crippen LogP contribution in [0, 0.1) is 3.70 Å². The van der Waals surface area contributed by atoms with Gasteiger partial charge in [-0.05, 0) is 22.6 Å². The zero-order valence-corrected chi connectivity index (χ0v) is 11.9. The van der Waals surface area contributed by atoms with E-state index >= 15 is 0 Å². The second-order valence-electron chi connectivity index (χ2n) is 2.95. The summed E-state index contributed by atoms with van der Waals surface area (Å²) >= 11 is 4.01. The smallest absolute Gasteiger partial charge is 0.404 e. The van der Waals surface area contributed by atoms with E-state index in [0.29, 0.717) is 6.20 Å². The fourth-order valence-corrected chi connectivity index (χ4v) is 2.47. The van der Waals surface area contributed by atoms with Gasteiger partial charge >= 0.3 is 12.5 Å². The van der Waals surface area contributed by atoms with Crippen molar-refractivity contribution in [2.45, 2.75) is 17.9 Å². The number of ether oxygens (including phenoxy) is 1. The van der Waals surface area contributed by atoms with E-state index in [9.17, 15) is 26.3 Å². The van der Waals surface area contributed by atoms with Crippen molar-refractivity contribution in [2.24, 2.45) is 0 Å². The zero-order valence-electron chi connectivity index (χ0n) is 8.16. The fraction of sp³-hybridized carbons (Fsp3) is 0.375. The van der Waals surface area contributed by atoms with Crippen LogP contribution in [0.2, 0.25) is 0 Å². The highest BCUT2D eigenvalue weighted by Gasteiger charge is 2.40. The Morgan fingerprint density at radius 3 is 2.17 bits per heavy atom. The summed E-state index contributed by atoms with van der Waals surface area (Å²) in [6.07, 6.45) is -9.27. The lowest BCUT2D eigenvalue weighted by Gasteiger charge is -2.17. The van der Waals surface area contributed by atoms with Gasteiger partial charge in [-0.3, -0.25) is 0 Å². The molecule has 2 nitrogen and oxygen atoms in total. The number of halogens is 8. The number of nitrogens with zero attached hydrogens (tertiary/aromatic N) is 1. The predicted octanol–water partition coefficient (Wildman–Crippen LogP) is 4.50. The van der Waals surface area contributed by atoms with Gasteiger partial charge in [0, 0.05) is 10.9 Å². The van der Waals surface area contributed by atoms with Crippen LogP contribution in [0.15, 0.2) is 6.20 Å². The van der Waals surface area contributed by atoms with Gasteiger partial charge in [0.05, 0.1) is 11.8 Å². The van der Waals surface area contributed by atoms with Crippen molar-refractivity contribution in [2.75, 3.05) is 0 Å². The molecule has 0 atom stereocenters. The molecule has 0 aliphatic carbocycles. The van der Waals surface area contributed by atoms with Gasteiger partial charge in [-0.1, -0.05) is 15.9 Å². The Balaban J connectivity index is 3.39. The number of rotatable bonds is 2.